The highest BCUT2D eigenvalue weighted by Gasteiger charge is 2.10. The second kappa shape index (κ2) is 12.2. The third kappa shape index (κ3) is 7.56. The van der Waals surface area contributed by atoms with Gasteiger partial charge in [-0.1, -0.05) is 13.0 Å². The second-order valence-electron chi connectivity index (χ2n) is 6.41. The predicted molar refractivity (Wildman–Crippen MR) is 129 cm³/mol. The van der Waals surface area contributed by atoms with Crippen LogP contribution in [0.25, 0.3) is 0 Å². The first-order valence-corrected chi connectivity index (χ1v) is 10.9. The molecule has 28 heavy (non-hydrogen) atoms. The largest absolute Gasteiger partial charge is 0.469 e. The van der Waals surface area contributed by atoms with Crippen LogP contribution in [0.15, 0.2) is 51.5 Å². The molecule has 0 bridgehead atoms. The molecule has 0 aliphatic rings. The Morgan fingerprint density at radius 2 is 2.04 bits per heavy atom. The summed E-state index contributed by atoms with van der Waals surface area (Å²) >= 11 is 3.54. The predicted octanol–water partition coefficient (Wildman–Crippen LogP) is 4.85. The zero-order chi connectivity index (χ0) is 18.9. The molecule has 152 valence electrons. The van der Waals surface area contributed by atoms with E-state index in [1.165, 1.54) is 9.75 Å². The molecule has 5 nitrogen and oxygen atoms in total. The van der Waals surface area contributed by atoms with E-state index in [0.29, 0.717) is 12.5 Å². The van der Waals surface area contributed by atoms with Gasteiger partial charge in [-0.05, 0) is 36.9 Å². The summed E-state index contributed by atoms with van der Waals surface area (Å²) in [5.74, 6) is 2.13. The molecular weight excluding hydrogens is 503 g/mol. The van der Waals surface area contributed by atoms with Gasteiger partial charge in [-0.15, -0.1) is 46.7 Å². The van der Waals surface area contributed by atoms with Crippen molar-refractivity contribution < 1.29 is 4.42 Å². The van der Waals surface area contributed by atoms with Crippen LogP contribution in [0.2, 0.25) is 0 Å². The Kier molecular flexibility index (Phi) is 10.0. The molecule has 8 heteroatoms. The van der Waals surface area contributed by atoms with E-state index in [2.05, 4.69) is 47.0 Å². The van der Waals surface area contributed by atoms with Crippen LogP contribution in [0.1, 0.15) is 33.4 Å². The molecule has 0 fully saturated rings. The first kappa shape index (κ1) is 22.9. The van der Waals surface area contributed by atoms with Gasteiger partial charge < -0.3 is 15.1 Å². The zero-order valence-corrected chi connectivity index (χ0v) is 20.1. The SMILES string of the molecule is Cc1cnc(C(C)CN=C(NCCc2ccco2)NCCc2cccs2)s1.I. The number of aliphatic imine (C=N–C) groups is 1. The van der Waals surface area contributed by atoms with Gasteiger partial charge in [-0.3, -0.25) is 4.99 Å². The highest BCUT2D eigenvalue weighted by Crippen LogP contribution is 2.21. The van der Waals surface area contributed by atoms with Crippen LogP contribution >= 0.6 is 46.7 Å². The maximum atomic E-state index is 5.40. The van der Waals surface area contributed by atoms with E-state index in [-0.39, 0.29) is 24.0 Å². The van der Waals surface area contributed by atoms with Crippen molar-refractivity contribution >= 4 is 52.6 Å². The van der Waals surface area contributed by atoms with Gasteiger partial charge in [0.05, 0.1) is 17.8 Å². The molecule has 0 aromatic carbocycles. The minimum absolute atomic E-state index is 0. The van der Waals surface area contributed by atoms with Crippen LogP contribution in [0.5, 0.6) is 0 Å². The fourth-order valence-electron chi connectivity index (χ4n) is 2.60. The highest BCUT2D eigenvalue weighted by atomic mass is 127. The smallest absolute Gasteiger partial charge is 0.191 e. The van der Waals surface area contributed by atoms with E-state index in [9.17, 15) is 0 Å². The maximum absolute atomic E-state index is 5.40. The van der Waals surface area contributed by atoms with E-state index in [1.54, 1.807) is 28.9 Å². The molecule has 1 atom stereocenters. The summed E-state index contributed by atoms with van der Waals surface area (Å²) in [6.45, 7) is 6.61. The van der Waals surface area contributed by atoms with Crippen molar-refractivity contribution in [3.05, 3.63) is 62.6 Å². The number of hydrogen-bond acceptors (Lipinski definition) is 5. The van der Waals surface area contributed by atoms with Crippen molar-refractivity contribution in [3.8, 4) is 0 Å². The molecule has 0 radical (unpaired) electrons. The van der Waals surface area contributed by atoms with Gasteiger partial charge in [-0.2, -0.15) is 0 Å². The molecule has 0 amide bonds. The lowest BCUT2D eigenvalue weighted by Gasteiger charge is -2.13. The van der Waals surface area contributed by atoms with Crippen molar-refractivity contribution in [2.24, 2.45) is 4.99 Å². The fraction of sp³-hybridized carbons (Fsp3) is 0.400. The topological polar surface area (TPSA) is 62.5 Å². The molecular formula is C20H27IN4OS2. The Labute approximate surface area is 191 Å². The van der Waals surface area contributed by atoms with E-state index >= 15 is 0 Å². The van der Waals surface area contributed by atoms with Crippen LogP contribution in [-0.2, 0) is 12.8 Å². The zero-order valence-electron chi connectivity index (χ0n) is 16.2. The number of halogens is 1. The van der Waals surface area contributed by atoms with Crippen LogP contribution in [0.4, 0.5) is 0 Å². The molecule has 2 N–H and O–H groups in total. The standard InChI is InChI=1S/C20H26N4OS2.HI/c1-15(19-23-14-16(2)27-19)13-24-20(21-9-7-17-5-3-11-25-17)22-10-8-18-6-4-12-26-18;/h3-6,11-12,14-15H,7-10,13H2,1-2H3,(H2,21,22,24);1H. The fourth-order valence-corrected chi connectivity index (χ4v) is 4.12. The third-order valence-corrected chi connectivity index (χ3v) is 6.15. The Morgan fingerprint density at radius 1 is 1.21 bits per heavy atom. The molecule has 3 rings (SSSR count). The number of nitrogens with one attached hydrogen (secondary N) is 2. The van der Waals surface area contributed by atoms with Crippen molar-refractivity contribution in [3.63, 3.8) is 0 Å². The Morgan fingerprint density at radius 3 is 2.68 bits per heavy atom. The average molecular weight is 531 g/mol. The molecule has 0 aliphatic heterocycles. The van der Waals surface area contributed by atoms with E-state index in [4.69, 9.17) is 9.41 Å². The lowest BCUT2D eigenvalue weighted by Crippen LogP contribution is -2.39. The number of nitrogens with zero attached hydrogens (tertiary/aromatic N) is 2. The summed E-state index contributed by atoms with van der Waals surface area (Å²) in [6.07, 6.45) is 5.47. The number of rotatable bonds is 9. The van der Waals surface area contributed by atoms with Crippen LogP contribution in [0.3, 0.4) is 0 Å². The first-order valence-electron chi connectivity index (χ1n) is 9.20. The number of aryl methyl sites for hydroxylation is 1. The summed E-state index contributed by atoms with van der Waals surface area (Å²) in [6, 6.07) is 8.17. The van der Waals surface area contributed by atoms with Gasteiger partial charge in [0.15, 0.2) is 5.96 Å². The van der Waals surface area contributed by atoms with Gasteiger partial charge in [0, 0.05) is 41.4 Å². The molecule has 3 heterocycles. The summed E-state index contributed by atoms with van der Waals surface area (Å²) in [5.41, 5.74) is 0. The lowest BCUT2D eigenvalue weighted by molar-refractivity contribution is 0.506. The summed E-state index contributed by atoms with van der Waals surface area (Å²) in [4.78, 5) is 11.9. The molecule has 0 spiro atoms. The maximum Gasteiger partial charge on any atom is 0.191 e. The highest BCUT2D eigenvalue weighted by molar-refractivity contribution is 14.0. The van der Waals surface area contributed by atoms with E-state index in [1.807, 2.05) is 18.3 Å². The molecule has 3 aromatic rings. The third-order valence-electron chi connectivity index (χ3n) is 4.07. The van der Waals surface area contributed by atoms with Crippen LogP contribution < -0.4 is 10.6 Å². The molecule has 1 unspecified atom stereocenters. The first-order chi connectivity index (χ1) is 13.2. The second-order valence-corrected chi connectivity index (χ2v) is 8.71. The van der Waals surface area contributed by atoms with Crippen LogP contribution in [-0.4, -0.2) is 30.6 Å². The summed E-state index contributed by atoms with van der Waals surface area (Å²) in [5, 5.41) is 10.1. The van der Waals surface area contributed by atoms with Crippen molar-refractivity contribution in [2.75, 3.05) is 19.6 Å². The summed E-state index contributed by atoms with van der Waals surface area (Å²) < 4.78 is 5.40. The molecule has 0 saturated heterocycles. The number of thiophene rings is 1. The van der Waals surface area contributed by atoms with Crippen LogP contribution in [0, 0.1) is 6.92 Å². The number of hydrogen-bond donors (Lipinski definition) is 2. The minimum Gasteiger partial charge on any atom is -0.469 e. The number of aromatic nitrogens is 1. The van der Waals surface area contributed by atoms with Gasteiger partial charge >= 0.3 is 0 Å². The molecule has 0 saturated carbocycles. The summed E-state index contributed by atoms with van der Waals surface area (Å²) in [7, 11) is 0. The number of thiazole rings is 1. The average Bonchev–Trinajstić information content (AvgIpc) is 3.42. The lowest BCUT2D eigenvalue weighted by atomic mass is 10.2. The van der Waals surface area contributed by atoms with Crippen molar-refractivity contribution in [2.45, 2.75) is 32.6 Å². The van der Waals surface area contributed by atoms with Gasteiger partial charge in [0.25, 0.3) is 0 Å². The molecule has 3 aromatic heterocycles. The van der Waals surface area contributed by atoms with Gasteiger partial charge in [0.1, 0.15) is 5.76 Å². The molecule has 0 aliphatic carbocycles. The monoisotopic (exact) mass is 530 g/mol. The van der Waals surface area contributed by atoms with Gasteiger partial charge in [0.2, 0.25) is 0 Å². The Balaban J connectivity index is 0.00000280. The minimum atomic E-state index is 0. The Bertz CT molecular complexity index is 773. The quantitative estimate of drug-likeness (QED) is 0.236. The van der Waals surface area contributed by atoms with Gasteiger partial charge in [-0.25, -0.2) is 4.98 Å². The normalized spacial score (nSPS) is 12.4. The van der Waals surface area contributed by atoms with Crippen molar-refractivity contribution in [1.82, 2.24) is 15.6 Å². The van der Waals surface area contributed by atoms with E-state index in [0.717, 1.165) is 42.7 Å². The number of furan rings is 1. The number of guanidine groups is 1. The van der Waals surface area contributed by atoms with E-state index < -0.39 is 0 Å². The van der Waals surface area contributed by atoms with Crippen molar-refractivity contribution in [1.29, 1.82) is 0 Å². The Hall–Kier alpha value is -1.39.